The second-order valence-electron chi connectivity index (χ2n) is 5.90. The van der Waals surface area contributed by atoms with Crippen LogP contribution in [0.5, 0.6) is 0 Å². The third-order valence-corrected chi connectivity index (χ3v) is 3.80. The van der Waals surface area contributed by atoms with Gasteiger partial charge in [0.15, 0.2) is 0 Å². The van der Waals surface area contributed by atoms with Crippen LogP contribution >= 0.6 is 0 Å². The van der Waals surface area contributed by atoms with Crippen molar-refractivity contribution in [1.82, 2.24) is 9.97 Å². The van der Waals surface area contributed by atoms with Crippen molar-refractivity contribution >= 4 is 23.1 Å². The molecule has 0 saturated carbocycles. The number of hydrogen-bond acceptors (Lipinski definition) is 5. The Balaban J connectivity index is 0.00000243. The molecule has 0 aliphatic rings. The van der Waals surface area contributed by atoms with Gasteiger partial charge in [0, 0.05) is 44.1 Å². The average Bonchev–Trinajstić information content (AvgIpc) is 2.59. The van der Waals surface area contributed by atoms with Crippen molar-refractivity contribution < 1.29 is 32.7 Å². The molecule has 3 aromatic rings. The molecule has 127 valence electrons. The fourth-order valence-electron chi connectivity index (χ4n) is 2.70. The molecule has 0 atom stereocenters. The zero-order valence-electron chi connectivity index (χ0n) is 15.0. The molecule has 26 heavy (non-hydrogen) atoms. The van der Waals surface area contributed by atoms with Gasteiger partial charge < -0.3 is 16.7 Å². The van der Waals surface area contributed by atoms with E-state index in [0.29, 0.717) is 17.3 Å². The molecule has 0 aliphatic heterocycles. The molecule has 2 aromatic carbocycles. The number of nitriles is 1. The summed E-state index contributed by atoms with van der Waals surface area (Å²) in [7, 11) is 0. The molecule has 0 bridgehead atoms. The van der Waals surface area contributed by atoms with Crippen molar-refractivity contribution in [3.63, 3.8) is 0 Å². The van der Waals surface area contributed by atoms with Crippen molar-refractivity contribution in [2.24, 2.45) is 0 Å². The average molecular weight is 417 g/mol. The van der Waals surface area contributed by atoms with E-state index in [2.05, 4.69) is 65.6 Å². The number of aromatic nitrogens is 2. The maximum atomic E-state index is 8.85. The van der Waals surface area contributed by atoms with Gasteiger partial charge in [-0.05, 0) is 62.0 Å². The fourth-order valence-corrected chi connectivity index (χ4v) is 2.70. The first-order valence-electron chi connectivity index (χ1n) is 7.92. The molecular formula is C20H18N5Y-. The molecule has 0 amide bonds. The van der Waals surface area contributed by atoms with E-state index in [9.17, 15) is 0 Å². The third kappa shape index (κ3) is 4.88. The van der Waals surface area contributed by atoms with Crippen molar-refractivity contribution in [2.75, 3.05) is 10.6 Å². The van der Waals surface area contributed by atoms with Gasteiger partial charge in [-0.25, -0.2) is 4.98 Å². The predicted octanol–water partition coefficient (Wildman–Crippen LogP) is 4.56. The molecule has 1 radical (unpaired) electrons. The molecule has 5 nitrogen and oxygen atoms in total. The first-order chi connectivity index (χ1) is 12.0. The standard InChI is InChI=1S/C20H18N5.Y/c1-13-10-14(2)19(15(3)11-13)25-20-22-9-8-18(24-20)23-17-6-4-16(12-21)5-7-17;/h4-7,9-11H,1-3H3,(H2,22,23,24,25);/q-1;. The molecule has 0 saturated heterocycles. The number of rotatable bonds is 4. The van der Waals surface area contributed by atoms with Gasteiger partial charge in [0.2, 0.25) is 5.95 Å². The molecular weight excluding hydrogens is 399 g/mol. The second-order valence-corrected chi connectivity index (χ2v) is 5.90. The normalized spacial score (nSPS) is 9.77. The molecule has 3 rings (SSSR count). The topological polar surface area (TPSA) is 73.6 Å². The van der Waals surface area contributed by atoms with Crippen LogP contribution in [0.15, 0.2) is 42.6 Å². The van der Waals surface area contributed by atoms with Gasteiger partial charge in [-0.2, -0.15) is 5.26 Å². The van der Waals surface area contributed by atoms with E-state index in [0.717, 1.165) is 22.5 Å². The van der Waals surface area contributed by atoms with Crippen LogP contribution in [-0.2, 0) is 32.7 Å². The summed E-state index contributed by atoms with van der Waals surface area (Å²) in [5.41, 5.74) is 5.99. The molecule has 1 heterocycles. The SMILES string of the molecule is Cc1cc(C)c(Nc2nc[c-]c(Nc3ccc(C#N)cc3)n2)c(C)c1.[Y]. The van der Waals surface area contributed by atoms with Crippen molar-refractivity contribution in [3.05, 3.63) is 70.9 Å². The number of aryl methyl sites for hydroxylation is 3. The quantitative estimate of drug-likeness (QED) is 0.609. The summed E-state index contributed by atoms with van der Waals surface area (Å²) in [6.07, 6.45) is 1.58. The van der Waals surface area contributed by atoms with E-state index in [-0.39, 0.29) is 32.7 Å². The van der Waals surface area contributed by atoms with Crippen LogP contribution in [0.25, 0.3) is 0 Å². The third-order valence-electron chi connectivity index (χ3n) is 3.80. The Morgan fingerprint density at radius 3 is 2.27 bits per heavy atom. The first kappa shape index (κ1) is 20.0. The number of hydrogen-bond donors (Lipinski definition) is 2. The minimum Gasteiger partial charge on any atom is -0.408 e. The van der Waals surface area contributed by atoms with E-state index in [1.165, 1.54) is 5.56 Å². The van der Waals surface area contributed by atoms with E-state index >= 15 is 0 Å². The van der Waals surface area contributed by atoms with E-state index in [1.54, 1.807) is 18.3 Å². The Morgan fingerprint density at radius 1 is 1.00 bits per heavy atom. The maximum Gasteiger partial charge on any atom is 0.223 e. The molecule has 0 spiro atoms. The summed E-state index contributed by atoms with van der Waals surface area (Å²) in [5.74, 6) is 1.06. The largest absolute Gasteiger partial charge is 0.408 e. The van der Waals surface area contributed by atoms with Crippen LogP contribution in [0.4, 0.5) is 23.1 Å². The van der Waals surface area contributed by atoms with Gasteiger partial charge in [0.25, 0.3) is 0 Å². The molecule has 0 unspecified atom stereocenters. The molecule has 6 heteroatoms. The summed E-state index contributed by atoms with van der Waals surface area (Å²) in [6, 6.07) is 16.5. The van der Waals surface area contributed by atoms with Crippen LogP contribution in [0.2, 0.25) is 0 Å². The summed E-state index contributed by atoms with van der Waals surface area (Å²) in [4.78, 5) is 8.70. The van der Waals surface area contributed by atoms with E-state index < -0.39 is 0 Å². The van der Waals surface area contributed by atoms with Gasteiger partial charge in [0.1, 0.15) is 0 Å². The number of anilines is 4. The van der Waals surface area contributed by atoms with Crippen LogP contribution in [0, 0.1) is 38.2 Å². The predicted molar refractivity (Wildman–Crippen MR) is 99.2 cm³/mol. The van der Waals surface area contributed by atoms with E-state index in [4.69, 9.17) is 5.26 Å². The Labute approximate surface area is 178 Å². The summed E-state index contributed by atoms with van der Waals surface area (Å²) >= 11 is 0. The monoisotopic (exact) mass is 417 g/mol. The van der Waals surface area contributed by atoms with Crippen molar-refractivity contribution in [1.29, 1.82) is 5.26 Å². The fraction of sp³-hybridized carbons (Fsp3) is 0.150. The number of nitrogens with one attached hydrogen (secondary N) is 2. The minimum atomic E-state index is 0. The van der Waals surface area contributed by atoms with Crippen LogP contribution in [0.3, 0.4) is 0 Å². The minimum absolute atomic E-state index is 0. The Kier molecular flexibility index (Phi) is 6.85. The number of nitrogens with zero attached hydrogens (tertiary/aromatic N) is 3. The van der Waals surface area contributed by atoms with Gasteiger partial charge in [0.05, 0.1) is 11.6 Å². The summed E-state index contributed by atoms with van der Waals surface area (Å²) in [5, 5.41) is 15.3. The maximum absolute atomic E-state index is 8.85. The van der Waals surface area contributed by atoms with Gasteiger partial charge in [-0.3, -0.25) is 4.98 Å². The molecule has 0 aliphatic carbocycles. The van der Waals surface area contributed by atoms with E-state index in [1.807, 2.05) is 12.1 Å². The van der Waals surface area contributed by atoms with Gasteiger partial charge in [-0.15, -0.1) is 6.20 Å². The molecule has 1 aromatic heterocycles. The van der Waals surface area contributed by atoms with Crippen LogP contribution in [0.1, 0.15) is 22.3 Å². The Bertz CT molecular complexity index is 922. The van der Waals surface area contributed by atoms with Crippen LogP contribution in [-0.4, -0.2) is 9.97 Å². The summed E-state index contributed by atoms with van der Waals surface area (Å²) < 4.78 is 0. The molecule has 0 fully saturated rings. The smallest absolute Gasteiger partial charge is 0.223 e. The number of benzene rings is 2. The van der Waals surface area contributed by atoms with Crippen molar-refractivity contribution in [3.8, 4) is 6.07 Å². The zero-order chi connectivity index (χ0) is 17.8. The summed E-state index contributed by atoms with van der Waals surface area (Å²) in [6.45, 7) is 6.21. The Morgan fingerprint density at radius 2 is 1.65 bits per heavy atom. The zero-order valence-corrected chi connectivity index (χ0v) is 17.8. The second kappa shape index (κ2) is 8.89. The van der Waals surface area contributed by atoms with Crippen molar-refractivity contribution in [2.45, 2.75) is 20.8 Å². The first-order valence-corrected chi connectivity index (χ1v) is 7.92. The molecule has 2 N–H and O–H groups in total. The van der Waals surface area contributed by atoms with Crippen LogP contribution < -0.4 is 10.6 Å². The Hall–Kier alpha value is -2.29. The van der Waals surface area contributed by atoms with Gasteiger partial charge in [-0.1, -0.05) is 17.7 Å². The van der Waals surface area contributed by atoms with Gasteiger partial charge >= 0.3 is 0 Å².